The number of nitrogens with one attached hydrogen (secondary N) is 1. The van der Waals surface area contributed by atoms with Gasteiger partial charge in [-0.3, -0.25) is 0 Å². The molecular formula is C15H28N2O5P+. The number of nitrogens with two attached hydrogens (primary N) is 1. The molecular weight excluding hydrogens is 319 g/mol. The van der Waals surface area contributed by atoms with Crippen molar-refractivity contribution in [1.82, 2.24) is 0 Å². The Morgan fingerprint density at radius 2 is 1.96 bits per heavy atom. The molecule has 0 amide bonds. The predicted octanol–water partition coefficient (Wildman–Crippen LogP) is 3.52. The summed E-state index contributed by atoms with van der Waals surface area (Å²) in [7, 11) is 0.900. The van der Waals surface area contributed by atoms with Crippen LogP contribution in [0.1, 0.15) is 33.6 Å². The summed E-state index contributed by atoms with van der Waals surface area (Å²) in [4.78, 5) is 8.14. The van der Waals surface area contributed by atoms with E-state index in [1.54, 1.807) is 27.2 Å². The monoisotopic (exact) mass is 347 g/mol. The molecule has 23 heavy (non-hydrogen) atoms. The molecule has 0 saturated heterocycles. The lowest BCUT2D eigenvalue weighted by atomic mass is 10.2. The fourth-order valence-electron chi connectivity index (χ4n) is 1.57. The normalized spacial score (nSPS) is 13.4. The van der Waals surface area contributed by atoms with Crippen molar-refractivity contribution in [3.05, 3.63) is 18.2 Å². The molecule has 8 heteroatoms. The van der Waals surface area contributed by atoms with E-state index in [1.807, 2.05) is 26.0 Å². The van der Waals surface area contributed by atoms with Crippen molar-refractivity contribution < 1.29 is 23.5 Å². The quantitative estimate of drug-likeness (QED) is 0.375. The highest BCUT2D eigenvalue weighted by molar-refractivity contribution is 7.32. The molecule has 1 rings (SSSR count). The summed E-state index contributed by atoms with van der Waals surface area (Å²) >= 11 is 0. The molecule has 4 N–H and O–H groups in total. The van der Waals surface area contributed by atoms with Gasteiger partial charge in [0.15, 0.2) is 0 Å². The van der Waals surface area contributed by atoms with Gasteiger partial charge in [0.25, 0.3) is 0 Å². The Morgan fingerprint density at radius 3 is 2.35 bits per heavy atom. The zero-order chi connectivity index (χ0) is 17.8. The molecule has 0 aliphatic rings. The van der Waals surface area contributed by atoms with E-state index in [-0.39, 0.29) is 12.3 Å². The van der Waals surface area contributed by atoms with Crippen LogP contribution in [-0.4, -0.2) is 31.4 Å². The maximum absolute atomic E-state index is 9.89. The van der Waals surface area contributed by atoms with Crippen LogP contribution in [0.3, 0.4) is 0 Å². The van der Waals surface area contributed by atoms with Crippen molar-refractivity contribution in [2.75, 3.05) is 25.3 Å². The average molecular weight is 347 g/mol. The third kappa shape index (κ3) is 9.36. The van der Waals surface area contributed by atoms with Crippen LogP contribution < -0.4 is 15.8 Å². The molecule has 0 aromatic heterocycles. The Bertz CT molecular complexity index is 469. The second kappa shape index (κ2) is 12.1. The SMILES string of the molecule is CCC(C)O[P+](=O)O.CCC(Nc1cc(N)ccc1OC)OC. The van der Waals surface area contributed by atoms with Crippen LogP contribution in [0, 0.1) is 0 Å². The van der Waals surface area contributed by atoms with Crippen molar-refractivity contribution in [3.8, 4) is 5.75 Å². The topological polar surface area (TPSA) is 103 Å². The van der Waals surface area contributed by atoms with E-state index < -0.39 is 8.25 Å². The first-order valence-corrected chi connectivity index (χ1v) is 8.56. The second-order valence-electron chi connectivity index (χ2n) is 4.80. The van der Waals surface area contributed by atoms with Crippen molar-refractivity contribution in [2.45, 2.75) is 45.9 Å². The zero-order valence-electron chi connectivity index (χ0n) is 14.4. The van der Waals surface area contributed by atoms with Crippen molar-refractivity contribution in [3.63, 3.8) is 0 Å². The van der Waals surface area contributed by atoms with Gasteiger partial charge in [-0.15, -0.1) is 9.42 Å². The Labute approximate surface area is 139 Å². The van der Waals surface area contributed by atoms with Gasteiger partial charge in [0, 0.05) is 17.4 Å². The first kappa shape index (κ1) is 21.6. The van der Waals surface area contributed by atoms with E-state index >= 15 is 0 Å². The highest BCUT2D eigenvalue weighted by Gasteiger charge is 2.16. The van der Waals surface area contributed by atoms with Gasteiger partial charge in [-0.05, 0) is 38.0 Å². The third-order valence-electron chi connectivity index (χ3n) is 3.04. The molecule has 0 fully saturated rings. The summed E-state index contributed by atoms with van der Waals surface area (Å²) < 4.78 is 24.8. The van der Waals surface area contributed by atoms with E-state index in [1.165, 1.54) is 0 Å². The summed E-state index contributed by atoms with van der Waals surface area (Å²) in [6.07, 6.45) is 1.50. The van der Waals surface area contributed by atoms with Crippen molar-refractivity contribution in [1.29, 1.82) is 0 Å². The molecule has 3 atom stereocenters. The Balaban J connectivity index is 0.000000515. The first-order valence-electron chi connectivity index (χ1n) is 7.43. The van der Waals surface area contributed by atoms with Gasteiger partial charge in [-0.2, -0.15) is 0 Å². The van der Waals surface area contributed by atoms with Crippen LogP contribution in [0.2, 0.25) is 0 Å². The molecule has 0 bridgehead atoms. The van der Waals surface area contributed by atoms with Crippen molar-refractivity contribution in [2.24, 2.45) is 0 Å². The lowest BCUT2D eigenvalue weighted by Gasteiger charge is -2.18. The molecule has 0 aliphatic heterocycles. The second-order valence-corrected chi connectivity index (χ2v) is 5.49. The van der Waals surface area contributed by atoms with Crippen LogP contribution in [0.15, 0.2) is 18.2 Å². The fraction of sp³-hybridized carbons (Fsp3) is 0.600. The maximum atomic E-state index is 9.89. The summed E-state index contributed by atoms with van der Waals surface area (Å²) in [5, 5.41) is 3.21. The largest absolute Gasteiger partial charge is 0.694 e. The van der Waals surface area contributed by atoms with E-state index in [0.717, 1.165) is 24.3 Å². The number of methoxy groups -OCH3 is 2. The lowest BCUT2D eigenvalue weighted by molar-refractivity contribution is 0.122. The number of rotatable bonds is 8. The highest BCUT2D eigenvalue weighted by atomic mass is 31.1. The molecule has 0 spiro atoms. The number of hydrogen-bond donors (Lipinski definition) is 3. The molecule has 0 radical (unpaired) electrons. The molecule has 7 nitrogen and oxygen atoms in total. The van der Waals surface area contributed by atoms with E-state index in [0.29, 0.717) is 5.69 Å². The fourth-order valence-corrected chi connectivity index (χ4v) is 2.02. The summed E-state index contributed by atoms with van der Waals surface area (Å²) in [5.41, 5.74) is 7.26. The highest BCUT2D eigenvalue weighted by Crippen LogP contribution is 2.27. The molecule has 3 unspecified atom stereocenters. The smallest absolute Gasteiger partial charge is 0.495 e. The molecule has 0 aliphatic carbocycles. The molecule has 132 valence electrons. The van der Waals surface area contributed by atoms with Gasteiger partial charge in [0.1, 0.15) is 18.1 Å². The van der Waals surface area contributed by atoms with E-state index in [9.17, 15) is 4.57 Å². The first-order chi connectivity index (χ1) is 10.9. The third-order valence-corrected chi connectivity index (χ3v) is 3.58. The minimum Gasteiger partial charge on any atom is -0.495 e. The predicted molar refractivity (Wildman–Crippen MR) is 92.8 cm³/mol. The molecule has 0 heterocycles. The van der Waals surface area contributed by atoms with Crippen LogP contribution in [-0.2, 0) is 13.8 Å². The maximum Gasteiger partial charge on any atom is 0.694 e. The summed E-state index contributed by atoms with van der Waals surface area (Å²) in [6, 6.07) is 5.47. The minimum absolute atomic E-state index is 0.0271. The Kier molecular flexibility index (Phi) is 11.3. The Hall–Kier alpha value is -1.40. The van der Waals surface area contributed by atoms with Crippen LogP contribution in [0.4, 0.5) is 11.4 Å². The molecule has 1 aromatic rings. The van der Waals surface area contributed by atoms with Gasteiger partial charge in [-0.25, -0.2) is 0 Å². The zero-order valence-corrected chi connectivity index (χ0v) is 15.3. The van der Waals surface area contributed by atoms with Gasteiger partial charge in [0.2, 0.25) is 0 Å². The van der Waals surface area contributed by atoms with Gasteiger partial charge < -0.3 is 20.5 Å². The van der Waals surface area contributed by atoms with Crippen LogP contribution >= 0.6 is 8.25 Å². The lowest BCUT2D eigenvalue weighted by Crippen LogP contribution is -2.20. The summed E-state index contributed by atoms with van der Waals surface area (Å²) in [5.74, 6) is 0.764. The van der Waals surface area contributed by atoms with Crippen LogP contribution in [0.25, 0.3) is 0 Å². The number of hydrogen-bond acceptors (Lipinski definition) is 6. The minimum atomic E-state index is -2.40. The average Bonchev–Trinajstić information content (AvgIpc) is 2.52. The number of ether oxygens (including phenoxy) is 2. The van der Waals surface area contributed by atoms with Crippen molar-refractivity contribution >= 4 is 19.6 Å². The number of nitrogen functional groups attached to an aromatic ring is 1. The standard InChI is InChI=1S/C11H18N2O2.C4H9O3P/c1-4-11(15-3)13-9-7-8(12)5-6-10(9)14-2;1-3-4(2)7-8(5)6/h5-7,11,13H,4,12H2,1-3H3;4H,3H2,1-2H3/p+1. The van der Waals surface area contributed by atoms with E-state index in [4.69, 9.17) is 20.1 Å². The van der Waals surface area contributed by atoms with Crippen LogP contribution in [0.5, 0.6) is 5.75 Å². The van der Waals surface area contributed by atoms with Gasteiger partial charge >= 0.3 is 8.25 Å². The van der Waals surface area contributed by atoms with Gasteiger partial charge in [0.05, 0.1) is 12.8 Å². The Morgan fingerprint density at radius 1 is 1.30 bits per heavy atom. The molecule has 0 saturated carbocycles. The van der Waals surface area contributed by atoms with E-state index in [2.05, 4.69) is 9.84 Å². The number of anilines is 2. The number of benzene rings is 1. The molecule has 1 aromatic carbocycles. The summed E-state index contributed by atoms with van der Waals surface area (Å²) in [6.45, 7) is 5.69. The van der Waals surface area contributed by atoms with Gasteiger partial charge in [-0.1, -0.05) is 13.8 Å².